The van der Waals surface area contributed by atoms with Gasteiger partial charge in [-0.3, -0.25) is 4.90 Å². The summed E-state index contributed by atoms with van der Waals surface area (Å²) >= 11 is 12.3. The number of hydrogen-bond acceptors (Lipinski definition) is 6. The zero-order valence-electron chi connectivity index (χ0n) is 20.6. The topological polar surface area (TPSA) is 72.9 Å². The maximum atomic E-state index is 13.1. The second kappa shape index (κ2) is 10.6. The van der Waals surface area contributed by atoms with Gasteiger partial charge in [-0.05, 0) is 53.1 Å². The molecule has 3 aromatic rings. The van der Waals surface area contributed by atoms with E-state index in [9.17, 15) is 13.5 Å². The lowest BCUT2D eigenvalue weighted by atomic mass is 9.82. The van der Waals surface area contributed by atoms with Gasteiger partial charge >= 0.3 is 0 Å². The Labute approximate surface area is 228 Å². The second-order valence-electron chi connectivity index (χ2n) is 10.1. The normalized spacial score (nSPS) is 19.0. The second-order valence-corrected chi connectivity index (χ2v) is 13.1. The van der Waals surface area contributed by atoms with E-state index in [4.69, 9.17) is 23.2 Å². The van der Waals surface area contributed by atoms with Gasteiger partial charge in [0.05, 0.1) is 6.04 Å². The summed E-state index contributed by atoms with van der Waals surface area (Å²) in [6.07, 6.45) is 1.21. The maximum Gasteiger partial charge on any atom is 0.157 e. The first-order chi connectivity index (χ1) is 17.6. The first-order valence-corrected chi connectivity index (χ1v) is 15.1. The van der Waals surface area contributed by atoms with Crippen LogP contribution >= 0.6 is 23.2 Å². The molecule has 0 amide bonds. The Kier molecular flexibility index (Phi) is 7.56. The van der Waals surface area contributed by atoms with Gasteiger partial charge in [-0.1, -0.05) is 59.6 Å². The van der Waals surface area contributed by atoms with E-state index >= 15 is 0 Å². The Morgan fingerprint density at radius 2 is 1.41 bits per heavy atom. The predicted molar refractivity (Wildman–Crippen MR) is 150 cm³/mol. The number of sulfone groups is 1. The Bertz CT molecular complexity index is 1290. The highest BCUT2D eigenvalue weighted by molar-refractivity contribution is 7.91. The van der Waals surface area contributed by atoms with Crippen LogP contribution in [-0.4, -0.2) is 69.5 Å². The van der Waals surface area contributed by atoms with E-state index < -0.39 is 20.7 Å². The fraction of sp³-hybridized carbons (Fsp3) is 0.357. The minimum Gasteiger partial charge on any atom is -0.385 e. The molecule has 3 aromatic carbocycles. The van der Waals surface area contributed by atoms with Crippen molar-refractivity contribution in [3.05, 3.63) is 99.5 Å². The summed E-state index contributed by atoms with van der Waals surface area (Å²) in [7, 11) is -3.62. The summed E-state index contributed by atoms with van der Waals surface area (Å²) in [5.41, 5.74) is 2.19. The van der Waals surface area contributed by atoms with Gasteiger partial charge in [0, 0.05) is 61.3 Å². The molecule has 0 radical (unpaired) electrons. The highest BCUT2D eigenvalue weighted by Gasteiger charge is 2.54. The van der Waals surface area contributed by atoms with Crippen LogP contribution in [0, 0.1) is 0 Å². The van der Waals surface area contributed by atoms with Crippen molar-refractivity contribution in [1.29, 1.82) is 0 Å². The zero-order valence-corrected chi connectivity index (χ0v) is 23.0. The number of benzene rings is 3. The lowest BCUT2D eigenvalue weighted by Gasteiger charge is -2.53. The molecule has 6 nitrogen and oxygen atoms in total. The Morgan fingerprint density at radius 1 is 0.865 bits per heavy atom. The van der Waals surface area contributed by atoms with Crippen molar-refractivity contribution in [3.63, 3.8) is 0 Å². The molecule has 2 heterocycles. The van der Waals surface area contributed by atoms with Crippen molar-refractivity contribution in [2.24, 2.45) is 0 Å². The van der Waals surface area contributed by atoms with Gasteiger partial charge in [-0.25, -0.2) is 8.42 Å². The van der Waals surface area contributed by atoms with Crippen molar-refractivity contribution in [3.8, 4) is 0 Å². The molecule has 0 aliphatic carbocycles. The van der Waals surface area contributed by atoms with Crippen molar-refractivity contribution in [2.75, 3.05) is 50.4 Å². The summed E-state index contributed by atoms with van der Waals surface area (Å²) in [5, 5.41) is 15.4. The van der Waals surface area contributed by atoms with Crippen molar-refractivity contribution >= 4 is 38.7 Å². The molecule has 37 heavy (non-hydrogen) atoms. The molecular weight excluding hydrogens is 529 g/mol. The third-order valence-corrected chi connectivity index (χ3v) is 9.33. The summed E-state index contributed by atoms with van der Waals surface area (Å²) in [4.78, 5) is 4.35. The summed E-state index contributed by atoms with van der Waals surface area (Å²) in [6, 6.07) is 22.7. The van der Waals surface area contributed by atoms with Gasteiger partial charge in [0.2, 0.25) is 0 Å². The van der Waals surface area contributed by atoms with E-state index in [1.807, 2.05) is 72.8 Å². The number of hydrogen-bond donors (Lipinski definition) is 2. The zero-order chi connectivity index (χ0) is 26.2. The van der Waals surface area contributed by atoms with E-state index in [0.29, 0.717) is 15.6 Å². The summed E-state index contributed by atoms with van der Waals surface area (Å²) in [6.45, 7) is 3.89. The molecular formula is C28H31Cl2N3O3S. The number of nitrogens with one attached hydrogen (secondary N) is 1. The monoisotopic (exact) mass is 559 g/mol. The Morgan fingerprint density at radius 3 is 1.92 bits per heavy atom. The third-order valence-electron chi connectivity index (χ3n) is 7.26. The van der Waals surface area contributed by atoms with Gasteiger partial charge in [0.25, 0.3) is 0 Å². The van der Waals surface area contributed by atoms with Gasteiger partial charge < -0.3 is 15.3 Å². The first kappa shape index (κ1) is 26.5. The number of piperazine rings is 1. The molecule has 196 valence electrons. The molecule has 2 N–H and O–H groups in total. The quantitative estimate of drug-likeness (QED) is 0.449. The van der Waals surface area contributed by atoms with Crippen LogP contribution in [0.2, 0.25) is 10.0 Å². The van der Waals surface area contributed by atoms with Crippen molar-refractivity contribution in [2.45, 2.75) is 16.9 Å². The predicted octanol–water partition coefficient (Wildman–Crippen LogP) is 4.33. The SMILES string of the molecule is CS(=O)(=O)C(c1cccc(N2CCNCC2)c1)C1(O)CN(C(c2ccc(Cl)cc2)c2ccc(Cl)cc2)C1. The lowest BCUT2D eigenvalue weighted by molar-refractivity contribution is -0.112. The third kappa shape index (κ3) is 5.67. The number of anilines is 1. The van der Waals surface area contributed by atoms with Gasteiger partial charge in [0.15, 0.2) is 9.84 Å². The first-order valence-electron chi connectivity index (χ1n) is 12.4. The number of aliphatic hydroxyl groups is 1. The highest BCUT2D eigenvalue weighted by Crippen LogP contribution is 2.45. The molecule has 9 heteroatoms. The Balaban J connectivity index is 1.45. The number of rotatable bonds is 7. The Hall–Kier alpha value is -2.13. The van der Waals surface area contributed by atoms with Gasteiger partial charge in [-0.2, -0.15) is 0 Å². The lowest BCUT2D eigenvalue weighted by Crippen LogP contribution is -2.66. The molecule has 2 fully saturated rings. The maximum absolute atomic E-state index is 13.1. The molecule has 5 rings (SSSR count). The fourth-order valence-electron chi connectivity index (χ4n) is 5.67. The molecule has 1 unspecified atom stereocenters. The summed E-state index contributed by atoms with van der Waals surface area (Å²) in [5.74, 6) is 0. The van der Waals surface area contributed by atoms with E-state index in [0.717, 1.165) is 43.0 Å². The van der Waals surface area contributed by atoms with Crippen LogP contribution in [0.3, 0.4) is 0 Å². The molecule has 0 aromatic heterocycles. The number of β-amino-alcohol motifs (C(OH)–C–C–N with tert-alkyl or cyclic N) is 1. The number of halogens is 2. The minimum atomic E-state index is -3.62. The molecule has 2 saturated heterocycles. The van der Waals surface area contributed by atoms with Gasteiger partial charge in [-0.15, -0.1) is 0 Å². The van der Waals surface area contributed by atoms with Crippen LogP contribution in [0.25, 0.3) is 0 Å². The molecule has 1 atom stereocenters. The van der Waals surface area contributed by atoms with Crippen LogP contribution in [0.15, 0.2) is 72.8 Å². The van der Waals surface area contributed by atoms with Crippen LogP contribution in [-0.2, 0) is 9.84 Å². The smallest absolute Gasteiger partial charge is 0.157 e. The van der Waals surface area contributed by atoms with E-state index in [1.165, 1.54) is 6.26 Å². The van der Waals surface area contributed by atoms with E-state index in [1.54, 1.807) is 0 Å². The van der Waals surface area contributed by atoms with E-state index in [-0.39, 0.29) is 19.1 Å². The summed E-state index contributed by atoms with van der Waals surface area (Å²) < 4.78 is 26.2. The minimum absolute atomic E-state index is 0.179. The van der Waals surface area contributed by atoms with E-state index in [2.05, 4.69) is 15.1 Å². The molecule has 0 bridgehead atoms. The van der Waals surface area contributed by atoms with Crippen LogP contribution in [0.1, 0.15) is 28.0 Å². The van der Waals surface area contributed by atoms with Crippen LogP contribution in [0.5, 0.6) is 0 Å². The molecule has 2 aliphatic heterocycles. The number of likely N-dealkylation sites (tertiary alicyclic amines) is 1. The standard InChI is InChI=1S/C28H31Cl2N3O3S/c1-37(35,36)27(22-3-2-4-25(17-22)32-15-13-31-14-16-32)28(34)18-33(19-28)26(20-5-9-23(29)10-6-20)21-7-11-24(30)12-8-21/h2-12,17,26-27,31,34H,13-16,18-19H2,1H3. The largest absolute Gasteiger partial charge is 0.385 e. The highest BCUT2D eigenvalue weighted by atomic mass is 35.5. The van der Waals surface area contributed by atoms with Gasteiger partial charge in [0.1, 0.15) is 10.9 Å². The van der Waals surface area contributed by atoms with Crippen LogP contribution in [0.4, 0.5) is 5.69 Å². The average molecular weight is 561 g/mol. The van der Waals surface area contributed by atoms with Crippen molar-refractivity contribution in [1.82, 2.24) is 10.2 Å². The number of nitrogens with zero attached hydrogens (tertiary/aromatic N) is 2. The molecule has 0 spiro atoms. The van der Waals surface area contributed by atoms with Crippen molar-refractivity contribution < 1.29 is 13.5 Å². The average Bonchev–Trinajstić information content (AvgIpc) is 2.85. The molecule has 2 aliphatic rings. The molecule has 0 saturated carbocycles. The fourth-order valence-corrected chi connectivity index (χ4v) is 7.51. The van der Waals surface area contributed by atoms with Crippen LogP contribution < -0.4 is 10.2 Å².